The Bertz CT molecular complexity index is 469. The summed E-state index contributed by atoms with van der Waals surface area (Å²) in [4.78, 5) is 22.7. The van der Waals surface area contributed by atoms with Gasteiger partial charge in [0.05, 0.1) is 12.3 Å². The highest BCUT2D eigenvalue weighted by Gasteiger charge is 2.17. The number of anilines is 1. The predicted octanol–water partition coefficient (Wildman–Crippen LogP) is 2.37. The van der Waals surface area contributed by atoms with Crippen LogP contribution in [0.5, 0.6) is 0 Å². The number of halogens is 1. The minimum Gasteiger partial charge on any atom is -0.461 e. The zero-order valence-corrected chi connectivity index (χ0v) is 11.7. The average molecular weight is 313 g/mol. The summed E-state index contributed by atoms with van der Waals surface area (Å²) in [6.45, 7) is 3.13. The first-order chi connectivity index (χ1) is 8.54. The normalized spacial score (nSPS) is 10.9. The van der Waals surface area contributed by atoms with Gasteiger partial charge in [-0.05, 0) is 31.2 Å². The molecule has 0 fully saturated rings. The molecular weight excluding hydrogens is 300 g/mol. The highest BCUT2D eigenvalue weighted by molar-refractivity contribution is 9.10. The smallest absolute Gasteiger partial charge is 0.362 e. The molecule has 1 aromatic rings. The third-order valence-electron chi connectivity index (χ3n) is 1.94. The topological polar surface area (TPSA) is 67.8 Å². The Kier molecular flexibility index (Phi) is 5.51. The Hall–Kier alpha value is -1.69. The van der Waals surface area contributed by atoms with E-state index in [-0.39, 0.29) is 12.3 Å². The van der Waals surface area contributed by atoms with Gasteiger partial charge in [0.15, 0.2) is 5.78 Å². The lowest BCUT2D eigenvalue weighted by Crippen LogP contribution is -2.25. The molecule has 0 heterocycles. The second-order valence-corrected chi connectivity index (χ2v) is 4.27. The van der Waals surface area contributed by atoms with E-state index in [9.17, 15) is 9.59 Å². The van der Waals surface area contributed by atoms with Crippen molar-refractivity contribution in [1.29, 1.82) is 0 Å². The fourth-order valence-electron chi connectivity index (χ4n) is 1.11. The quantitative estimate of drug-likeness (QED) is 0.392. The Morgan fingerprint density at radius 1 is 1.33 bits per heavy atom. The molecule has 18 heavy (non-hydrogen) atoms. The maximum atomic E-state index is 11.4. The molecule has 0 bridgehead atoms. The molecule has 0 radical (unpaired) electrons. The van der Waals surface area contributed by atoms with Crippen molar-refractivity contribution in [2.45, 2.75) is 13.8 Å². The first-order valence-corrected chi connectivity index (χ1v) is 6.11. The van der Waals surface area contributed by atoms with Crippen molar-refractivity contribution in [3.63, 3.8) is 0 Å². The van der Waals surface area contributed by atoms with Crippen LogP contribution in [-0.2, 0) is 14.3 Å². The molecule has 0 aromatic heterocycles. The van der Waals surface area contributed by atoms with Gasteiger partial charge >= 0.3 is 5.97 Å². The van der Waals surface area contributed by atoms with E-state index in [0.29, 0.717) is 5.69 Å². The molecule has 0 aliphatic heterocycles. The van der Waals surface area contributed by atoms with E-state index in [0.717, 1.165) is 4.47 Å². The van der Waals surface area contributed by atoms with Crippen LogP contribution in [0.25, 0.3) is 0 Å². The van der Waals surface area contributed by atoms with Crippen LogP contribution in [0.4, 0.5) is 5.69 Å². The number of esters is 1. The monoisotopic (exact) mass is 312 g/mol. The van der Waals surface area contributed by atoms with Crippen LogP contribution >= 0.6 is 15.9 Å². The number of hydrogen-bond donors (Lipinski definition) is 1. The van der Waals surface area contributed by atoms with Gasteiger partial charge in [0, 0.05) is 11.4 Å². The fourth-order valence-corrected chi connectivity index (χ4v) is 1.38. The number of nitrogens with one attached hydrogen (secondary N) is 1. The van der Waals surface area contributed by atoms with Crippen molar-refractivity contribution in [3.8, 4) is 0 Å². The standard InChI is InChI=1S/C12H13BrN2O3/c1-3-18-12(17)11(8(2)16)15-14-10-6-4-9(13)5-7-10/h4-7,14H,3H2,1-2H3. The summed E-state index contributed by atoms with van der Waals surface area (Å²) >= 11 is 3.30. The zero-order chi connectivity index (χ0) is 13.5. The molecule has 0 spiro atoms. The number of carbonyl (C=O) groups excluding carboxylic acids is 2. The van der Waals surface area contributed by atoms with Gasteiger partial charge in [-0.2, -0.15) is 5.10 Å². The van der Waals surface area contributed by atoms with Crippen molar-refractivity contribution < 1.29 is 14.3 Å². The minimum absolute atomic E-state index is 0.198. The van der Waals surface area contributed by atoms with Crippen LogP contribution < -0.4 is 5.43 Å². The Balaban J connectivity index is 2.80. The summed E-state index contributed by atoms with van der Waals surface area (Å²) in [6, 6.07) is 7.15. The molecule has 6 heteroatoms. The molecule has 1 N–H and O–H groups in total. The Labute approximate surface area is 113 Å². The van der Waals surface area contributed by atoms with E-state index in [4.69, 9.17) is 4.74 Å². The molecule has 0 saturated heterocycles. The van der Waals surface area contributed by atoms with Gasteiger partial charge in [-0.3, -0.25) is 10.2 Å². The summed E-state index contributed by atoms with van der Waals surface area (Å²) in [6.07, 6.45) is 0. The van der Waals surface area contributed by atoms with Gasteiger partial charge in [-0.25, -0.2) is 4.79 Å². The van der Waals surface area contributed by atoms with Crippen molar-refractivity contribution in [1.82, 2.24) is 0 Å². The van der Waals surface area contributed by atoms with Crippen molar-refractivity contribution >= 4 is 39.1 Å². The molecular formula is C12H13BrN2O3. The first-order valence-electron chi connectivity index (χ1n) is 5.32. The van der Waals surface area contributed by atoms with Crippen molar-refractivity contribution in [3.05, 3.63) is 28.7 Å². The zero-order valence-electron chi connectivity index (χ0n) is 10.1. The van der Waals surface area contributed by atoms with E-state index < -0.39 is 11.8 Å². The third-order valence-corrected chi connectivity index (χ3v) is 2.47. The maximum Gasteiger partial charge on any atom is 0.362 e. The van der Waals surface area contributed by atoms with Gasteiger partial charge in [-0.15, -0.1) is 0 Å². The number of hydrogen-bond acceptors (Lipinski definition) is 5. The van der Waals surface area contributed by atoms with Crippen LogP contribution in [0, 0.1) is 0 Å². The van der Waals surface area contributed by atoms with E-state index in [1.165, 1.54) is 6.92 Å². The number of Topliss-reactive ketones (excluding diaryl/α,β-unsaturated/α-hetero) is 1. The molecule has 0 aliphatic rings. The SMILES string of the molecule is CCOC(=O)C(=NNc1ccc(Br)cc1)C(C)=O. The molecule has 0 atom stereocenters. The average Bonchev–Trinajstić information content (AvgIpc) is 2.31. The molecule has 0 amide bonds. The third kappa shape index (κ3) is 4.29. The maximum absolute atomic E-state index is 11.4. The number of nitrogens with zero attached hydrogens (tertiary/aromatic N) is 1. The van der Waals surface area contributed by atoms with Crippen LogP contribution in [0.1, 0.15) is 13.8 Å². The highest BCUT2D eigenvalue weighted by Crippen LogP contribution is 2.13. The number of carbonyl (C=O) groups is 2. The van der Waals surface area contributed by atoms with Crippen molar-refractivity contribution in [2.75, 3.05) is 12.0 Å². The minimum atomic E-state index is -0.727. The largest absolute Gasteiger partial charge is 0.461 e. The van der Waals surface area contributed by atoms with Gasteiger partial charge in [0.25, 0.3) is 0 Å². The number of benzene rings is 1. The second-order valence-electron chi connectivity index (χ2n) is 3.36. The van der Waals surface area contributed by atoms with Gasteiger partial charge in [0.1, 0.15) is 0 Å². The van der Waals surface area contributed by atoms with Gasteiger partial charge in [0.2, 0.25) is 5.71 Å². The van der Waals surface area contributed by atoms with Crippen LogP contribution in [0.3, 0.4) is 0 Å². The Morgan fingerprint density at radius 3 is 2.44 bits per heavy atom. The lowest BCUT2D eigenvalue weighted by molar-refractivity contribution is -0.135. The second kappa shape index (κ2) is 6.90. The van der Waals surface area contributed by atoms with Crippen LogP contribution in [-0.4, -0.2) is 24.1 Å². The van der Waals surface area contributed by atoms with Crippen LogP contribution in [0.2, 0.25) is 0 Å². The summed E-state index contributed by atoms with van der Waals surface area (Å²) in [5, 5.41) is 3.77. The van der Waals surface area contributed by atoms with E-state index in [2.05, 4.69) is 26.5 Å². The summed E-state index contributed by atoms with van der Waals surface area (Å²) < 4.78 is 5.66. The highest BCUT2D eigenvalue weighted by atomic mass is 79.9. The Morgan fingerprint density at radius 2 is 1.94 bits per heavy atom. The summed E-state index contributed by atoms with van der Waals surface area (Å²) in [5.41, 5.74) is 3.06. The molecule has 0 saturated carbocycles. The molecule has 96 valence electrons. The van der Waals surface area contributed by atoms with Gasteiger partial charge < -0.3 is 4.74 Å². The van der Waals surface area contributed by atoms with E-state index >= 15 is 0 Å². The van der Waals surface area contributed by atoms with E-state index in [1.54, 1.807) is 19.1 Å². The molecule has 0 unspecified atom stereocenters. The number of rotatable bonds is 5. The van der Waals surface area contributed by atoms with E-state index in [1.807, 2.05) is 12.1 Å². The number of ketones is 1. The summed E-state index contributed by atoms with van der Waals surface area (Å²) in [5.74, 6) is -1.17. The van der Waals surface area contributed by atoms with Gasteiger partial charge in [-0.1, -0.05) is 15.9 Å². The predicted molar refractivity (Wildman–Crippen MR) is 72.5 cm³/mol. The molecule has 1 rings (SSSR count). The molecule has 5 nitrogen and oxygen atoms in total. The fraction of sp³-hybridized carbons (Fsp3) is 0.250. The lowest BCUT2D eigenvalue weighted by Gasteiger charge is -2.04. The first kappa shape index (κ1) is 14.4. The molecule has 1 aromatic carbocycles. The lowest BCUT2D eigenvalue weighted by atomic mass is 10.3. The summed E-state index contributed by atoms with van der Waals surface area (Å²) in [7, 11) is 0. The molecule has 0 aliphatic carbocycles. The van der Waals surface area contributed by atoms with Crippen molar-refractivity contribution in [2.24, 2.45) is 5.10 Å². The van der Waals surface area contributed by atoms with Crippen LogP contribution in [0.15, 0.2) is 33.8 Å². The number of ether oxygens (including phenoxy) is 1. The number of hydrazone groups is 1.